The van der Waals surface area contributed by atoms with E-state index in [9.17, 15) is 5.11 Å². The first-order valence-corrected chi connectivity index (χ1v) is 7.85. The van der Waals surface area contributed by atoms with Gasteiger partial charge in [0.2, 0.25) is 0 Å². The Kier molecular flexibility index (Phi) is 6.34. The Morgan fingerprint density at radius 2 is 2.10 bits per heavy atom. The minimum absolute atomic E-state index is 0.416. The summed E-state index contributed by atoms with van der Waals surface area (Å²) in [5, 5.41) is 13.2. The summed E-state index contributed by atoms with van der Waals surface area (Å²) in [6, 6.07) is 7.89. The van der Waals surface area contributed by atoms with Gasteiger partial charge in [-0.1, -0.05) is 31.4 Å². The summed E-state index contributed by atoms with van der Waals surface area (Å²) < 4.78 is 5.91. The van der Waals surface area contributed by atoms with E-state index in [0.29, 0.717) is 5.92 Å². The number of aliphatic hydroxyl groups excluding tert-OH is 1. The van der Waals surface area contributed by atoms with E-state index in [4.69, 9.17) is 4.74 Å². The highest BCUT2D eigenvalue weighted by atomic mass is 16.5. The number of benzene rings is 1. The maximum absolute atomic E-state index is 10.1. The van der Waals surface area contributed by atoms with Crippen LogP contribution in [0.5, 0.6) is 5.75 Å². The standard InChI is InChI=1S/C17H27NO2/c1-18-11-10-17(19)15-8-5-9-16(12-15)20-13-14-6-3-2-4-7-14/h5,8-9,12,14,17-19H,2-4,6-7,10-11,13H2,1H3. The number of rotatable bonds is 7. The molecule has 1 atom stereocenters. The minimum Gasteiger partial charge on any atom is -0.493 e. The van der Waals surface area contributed by atoms with Crippen molar-refractivity contribution in [3.8, 4) is 5.75 Å². The molecule has 0 amide bonds. The van der Waals surface area contributed by atoms with Crippen molar-refractivity contribution in [1.29, 1.82) is 0 Å². The molecule has 0 heterocycles. The van der Waals surface area contributed by atoms with Crippen LogP contribution in [-0.2, 0) is 0 Å². The van der Waals surface area contributed by atoms with Gasteiger partial charge in [0.15, 0.2) is 0 Å². The van der Waals surface area contributed by atoms with Crippen LogP contribution < -0.4 is 10.1 Å². The molecule has 1 unspecified atom stereocenters. The third-order valence-electron chi connectivity index (χ3n) is 4.12. The van der Waals surface area contributed by atoms with Gasteiger partial charge in [-0.2, -0.15) is 0 Å². The zero-order valence-electron chi connectivity index (χ0n) is 12.5. The van der Waals surface area contributed by atoms with Gasteiger partial charge in [-0.3, -0.25) is 0 Å². The SMILES string of the molecule is CNCCC(O)c1cccc(OCC2CCCCC2)c1. The molecule has 0 spiro atoms. The van der Waals surface area contributed by atoms with E-state index in [2.05, 4.69) is 5.32 Å². The molecule has 3 nitrogen and oxygen atoms in total. The first-order chi connectivity index (χ1) is 9.79. The van der Waals surface area contributed by atoms with E-state index in [-0.39, 0.29) is 0 Å². The quantitative estimate of drug-likeness (QED) is 0.803. The lowest BCUT2D eigenvalue weighted by Gasteiger charge is -2.22. The second kappa shape index (κ2) is 8.28. The average molecular weight is 277 g/mol. The highest BCUT2D eigenvalue weighted by molar-refractivity contribution is 5.29. The molecule has 0 aliphatic heterocycles. The molecule has 1 aliphatic rings. The molecule has 112 valence electrons. The van der Waals surface area contributed by atoms with Crippen LogP contribution in [-0.4, -0.2) is 25.3 Å². The normalized spacial score (nSPS) is 17.9. The van der Waals surface area contributed by atoms with Crippen LogP contribution >= 0.6 is 0 Å². The van der Waals surface area contributed by atoms with Crippen LogP contribution in [0.2, 0.25) is 0 Å². The van der Waals surface area contributed by atoms with E-state index in [0.717, 1.165) is 30.9 Å². The summed E-state index contributed by atoms with van der Waals surface area (Å²) in [5.74, 6) is 1.60. The molecule has 1 aliphatic carbocycles. The Hall–Kier alpha value is -1.06. The summed E-state index contributed by atoms with van der Waals surface area (Å²) >= 11 is 0. The fourth-order valence-electron chi connectivity index (χ4n) is 2.83. The van der Waals surface area contributed by atoms with Crippen molar-refractivity contribution in [2.45, 2.75) is 44.6 Å². The van der Waals surface area contributed by atoms with Gasteiger partial charge in [-0.15, -0.1) is 0 Å². The van der Waals surface area contributed by atoms with Crippen LogP contribution in [0.4, 0.5) is 0 Å². The van der Waals surface area contributed by atoms with Crippen molar-refractivity contribution in [2.75, 3.05) is 20.2 Å². The second-order valence-electron chi connectivity index (χ2n) is 5.80. The summed E-state index contributed by atoms with van der Waals surface area (Å²) in [7, 11) is 1.90. The zero-order valence-corrected chi connectivity index (χ0v) is 12.5. The predicted molar refractivity (Wildman–Crippen MR) is 82.0 cm³/mol. The lowest BCUT2D eigenvalue weighted by atomic mass is 9.90. The monoisotopic (exact) mass is 277 g/mol. The van der Waals surface area contributed by atoms with E-state index < -0.39 is 6.10 Å². The van der Waals surface area contributed by atoms with Crippen molar-refractivity contribution in [1.82, 2.24) is 5.32 Å². The highest BCUT2D eigenvalue weighted by Gasteiger charge is 2.14. The topological polar surface area (TPSA) is 41.5 Å². The number of ether oxygens (including phenoxy) is 1. The van der Waals surface area contributed by atoms with E-state index in [1.54, 1.807) is 0 Å². The molecular weight excluding hydrogens is 250 g/mol. The fraction of sp³-hybridized carbons (Fsp3) is 0.647. The van der Waals surface area contributed by atoms with Crippen LogP contribution in [0, 0.1) is 5.92 Å². The van der Waals surface area contributed by atoms with Crippen molar-refractivity contribution in [3.05, 3.63) is 29.8 Å². The molecule has 1 fully saturated rings. The van der Waals surface area contributed by atoms with Gasteiger partial charge in [0.1, 0.15) is 5.75 Å². The lowest BCUT2D eigenvalue weighted by molar-refractivity contribution is 0.166. The zero-order chi connectivity index (χ0) is 14.2. The van der Waals surface area contributed by atoms with Gasteiger partial charge >= 0.3 is 0 Å². The van der Waals surface area contributed by atoms with E-state index in [1.807, 2.05) is 31.3 Å². The summed E-state index contributed by atoms with van der Waals surface area (Å²) in [6.45, 7) is 1.63. The molecule has 0 bridgehead atoms. The van der Waals surface area contributed by atoms with Gasteiger partial charge in [-0.05, 0) is 56.5 Å². The molecule has 3 heteroatoms. The van der Waals surface area contributed by atoms with Crippen molar-refractivity contribution in [3.63, 3.8) is 0 Å². The molecule has 0 radical (unpaired) electrons. The molecule has 2 N–H and O–H groups in total. The van der Waals surface area contributed by atoms with E-state index in [1.165, 1.54) is 32.1 Å². The van der Waals surface area contributed by atoms with Gasteiger partial charge in [-0.25, -0.2) is 0 Å². The Balaban J connectivity index is 1.85. The fourth-order valence-corrected chi connectivity index (χ4v) is 2.83. The number of aliphatic hydroxyl groups is 1. The minimum atomic E-state index is -0.416. The Bertz CT molecular complexity index is 388. The largest absolute Gasteiger partial charge is 0.493 e. The number of nitrogens with one attached hydrogen (secondary N) is 1. The molecule has 1 aromatic rings. The van der Waals surface area contributed by atoms with Crippen LogP contribution in [0.1, 0.15) is 50.2 Å². The Morgan fingerprint density at radius 3 is 2.85 bits per heavy atom. The molecule has 1 aromatic carbocycles. The molecular formula is C17H27NO2. The third kappa shape index (κ3) is 4.80. The summed E-state index contributed by atoms with van der Waals surface area (Å²) in [5.41, 5.74) is 0.946. The highest BCUT2D eigenvalue weighted by Crippen LogP contribution is 2.26. The van der Waals surface area contributed by atoms with Crippen molar-refractivity contribution < 1.29 is 9.84 Å². The van der Waals surface area contributed by atoms with E-state index >= 15 is 0 Å². The maximum Gasteiger partial charge on any atom is 0.119 e. The molecule has 0 saturated heterocycles. The van der Waals surface area contributed by atoms with Crippen LogP contribution in [0.15, 0.2) is 24.3 Å². The molecule has 0 aromatic heterocycles. The van der Waals surface area contributed by atoms with Crippen LogP contribution in [0.25, 0.3) is 0 Å². The predicted octanol–water partition coefficient (Wildman–Crippen LogP) is 3.29. The molecule has 2 rings (SSSR count). The van der Waals surface area contributed by atoms with Gasteiger partial charge in [0.25, 0.3) is 0 Å². The summed E-state index contributed by atoms with van der Waals surface area (Å²) in [4.78, 5) is 0. The summed E-state index contributed by atoms with van der Waals surface area (Å²) in [6.07, 6.45) is 6.97. The first kappa shape index (κ1) is 15.3. The Labute approximate surface area is 122 Å². The van der Waals surface area contributed by atoms with Crippen molar-refractivity contribution >= 4 is 0 Å². The van der Waals surface area contributed by atoms with Crippen LogP contribution in [0.3, 0.4) is 0 Å². The third-order valence-corrected chi connectivity index (χ3v) is 4.12. The van der Waals surface area contributed by atoms with Gasteiger partial charge in [0, 0.05) is 0 Å². The molecule has 1 saturated carbocycles. The average Bonchev–Trinajstić information content (AvgIpc) is 2.52. The van der Waals surface area contributed by atoms with Crippen molar-refractivity contribution in [2.24, 2.45) is 5.92 Å². The van der Waals surface area contributed by atoms with Gasteiger partial charge in [0.05, 0.1) is 12.7 Å². The molecule has 20 heavy (non-hydrogen) atoms. The second-order valence-corrected chi connectivity index (χ2v) is 5.80. The number of hydrogen-bond donors (Lipinski definition) is 2. The Morgan fingerprint density at radius 1 is 1.30 bits per heavy atom. The maximum atomic E-state index is 10.1. The van der Waals surface area contributed by atoms with Gasteiger partial charge < -0.3 is 15.2 Å². The lowest BCUT2D eigenvalue weighted by Crippen LogP contribution is -2.15. The smallest absolute Gasteiger partial charge is 0.119 e. The first-order valence-electron chi connectivity index (χ1n) is 7.85. The number of hydrogen-bond acceptors (Lipinski definition) is 3.